The van der Waals surface area contributed by atoms with Crippen LogP contribution >= 0.6 is 12.4 Å². The van der Waals surface area contributed by atoms with Crippen molar-refractivity contribution in [3.05, 3.63) is 41.0 Å². The fourth-order valence-electron chi connectivity index (χ4n) is 2.91. The number of nitrogen functional groups attached to an aromatic ring is 1. The number of hydrogen-bond acceptors (Lipinski definition) is 5. The van der Waals surface area contributed by atoms with Gasteiger partial charge in [0.15, 0.2) is 5.82 Å². The molecule has 1 aromatic carbocycles. The summed E-state index contributed by atoms with van der Waals surface area (Å²) in [7, 11) is 0. The monoisotopic (exact) mass is 336 g/mol. The fourth-order valence-corrected chi connectivity index (χ4v) is 2.91. The van der Waals surface area contributed by atoms with Gasteiger partial charge >= 0.3 is 0 Å². The van der Waals surface area contributed by atoms with Gasteiger partial charge in [-0.3, -0.25) is 4.79 Å². The fraction of sp³-hybridized carbons (Fsp3) is 0.438. The number of hydrogen-bond donors (Lipinski definition) is 2. The molecule has 1 amide bonds. The minimum Gasteiger partial charge on any atom is -0.399 e. The van der Waals surface area contributed by atoms with Crippen LogP contribution in [0.25, 0.3) is 0 Å². The van der Waals surface area contributed by atoms with Gasteiger partial charge < -0.3 is 15.6 Å². The number of aryl methyl sites for hydroxylation is 3. The summed E-state index contributed by atoms with van der Waals surface area (Å²) in [4.78, 5) is 16.2. The third kappa shape index (κ3) is 4.22. The molecule has 2 aromatic rings. The maximum absolute atomic E-state index is 12.1. The molecule has 124 valence electrons. The van der Waals surface area contributed by atoms with Crippen LogP contribution in [-0.2, 0) is 17.6 Å². The van der Waals surface area contributed by atoms with E-state index in [1.54, 1.807) is 6.92 Å². The molecule has 0 fully saturated rings. The maximum Gasteiger partial charge on any atom is 0.227 e. The molecule has 23 heavy (non-hydrogen) atoms. The zero-order valence-electron chi connectivity index (χ0n) is 13.0. The summed E-state index contributed by atoms with van der Waals surface area (Å²) < 4.78 is 5.02. The van der Waals surface area contributed by atoms with Crippen molar-refractivity contribution in [2.24, 2.45) is 0 Å². The van der Waals surface area contributed by atoms with Gasteiger partial charge in [-0.2, -0.15) is 4.98 Å². The van der Waals surface area contributed by atoms with Gasteiger partial charge in [-0.25, -0.2) is 0 Å². The van der Waals surface area contributed by atoms with E-state index in [1.807, 2.05) is 18.2 Å². The van der Waals surface area contributed by atoms with Crippen molar-refractivity contribution < 1.29 is 9.32 Å². The molecule has 1 atom stereocenters. The highest BCUT2D eigenvalue weighted by molar-refractivity contribution is 5.85. The predicted molar refractivity (Wildman–Crippen MR) is 89.3 cm³/mol. The number of halogens is 1. The first-order valence-corrected chi connectivity index (χ1v) is 7.58. The SMILES string of the molecule is Cc1noc(CCC(=O)NC2CCCc3cc(N)ccc32)n1.Cl. The van der Waals surface area contributed by atoms with Crippen molar-refractivity contribution in [3.63, 3.8) is 0 Å². The van der Waals surface area contributed by atoms with Crippen LogP contribution in [0.15, 0.2) is 22.7 Å². The Hall–Kier alpha value is -2.08. The van der Waals surface area contributed by atoms with E-state index in [-0.39, 0.29) is 24.4 Å². The minimum absolute atomic E-state index is 0. The van der Waals surface area contributed by atoms with Gasteiger partial charge in [-0.05, 0) is 49.4 Å². The lowest BCUT2D eigenvalue weighted by atomic mass is 9.87. The van der Waals surface area contributed by atoms with Crippen molar-refractivity contribution in [2.45, 2.75) is 45.1 Å². The van der Waals surface area contributed by atoms with Crippen molar-refractivity contribution in [3.8, 4) is 0 Å². The standard InChI is InChI=1S/C16H20N4O2.ClH/c1-10-18-16(22-20-10)8-7-15(21)19-14-4-2-3-11-9-12(17)5-6-13(11)14;/h5-6,9,14H,2-4,7-8,17H2,1H3,(H,19,21);1H. The average molecular weight is 337 g/mol. The smallest absolute Gasteiger partial charge is 0.227 e. The van der Waals surface area contributed by atoms with Crippen LogP contribution in [0.1, 0.15) is 48.1 Å². The Labute approximate surface area is 141 Å². The second-order valence-electron chi connectivity index (χ2n) is 5.71. The maximum atomic E-state index is 12.1. The Kier molecular flexibility index (Phi) is 5.60. The van der Waals surface area contributed by atoms with Gasteiger partial charge in [0.1, 0.15) is 0 Å². The van der Waals surface area contributed by atoms with Crippen LogP contribution < -0.4 is 11.1 Å². The molecule has 7 heteroatoms. The van der Waals surface area contributed by atoms with Gasteiger partial charge in [0.05, 0.1) is 6.04 Å². The normalized spacial score (nSPS) is 16.3. The number of aromatic nitrogens is 2. The molecule has 1 unspecified atom stereocenters. The molecule has 0 bridgehead atoms. The van der Waals surface area contributed by atoms with E-state index in [9.17, 15) is 4.79 Å². The summed E-state index contributed by atoms with van der Waals surface area (Å²) in [6, 6.07) is 6.00. The Morgan fingerprint density at radius 2 is 2.30 bits per heavy atom. The third-order valence-electron chi connectivity index (χ3n) is 3.95. The summed E-state index contributed by atoms with van der Waals surface area (Å²) in [5, 5.41) is 6.82. The molecule has 1 aliphatic rings. The Morgan fingerprint density at radius 1 is 1.48 bits per heavy atom. The van der Waals surface area contributed by atoms with E-state index in [4.69, 9.17) is 10.3 Å². The van der Waals surface area contributed by atoms with Crippen LogP contribution in [0.2, 0.25) is 0 Å². The molecule has 3 rings (SSSR count). The van der Waals surface area contributed by atoms with Crippen LogP contribution in [0, 0.1) is 6.92 Å². The summed E-state index contributed by atoms with van der Waals surface area (Å²) in [5.41, 5.74) is 9.03. The number of nitrogens with zero attached hydrogens (tertiary/aromatic N) is 2. The quantitative estimate of drug-likeness (QED) is 0.836. The minimum atomic E-state index is 0. The molecule has 0 saturated carbocycles. The zero-order valence-corrected chi connectivity index (χ0v) is 13.9. The highest BCUT2D eigenvalue weighted by atomic mass is 35.5. The Bertz CT molecular complexity index is 686. The second-order valence-corrected chi connectivity index (χ2v) is 5.71. The summed E-state index contributed by atoms with van der Waals surface area (Å²) in [6.07, 6.45) is 3.86. The number of benzene rings is 1. The Morgan fingerprint density at radius 3 is 3.04 bits per heavy atom. The van der Waals surface area contributed by atoms with Crippen LogP contribution in [0.3, 0.4) is 0 Å². The molecule has 0 radical (unpaired) electrons. The van der Waals surface area contributed by atoms with Gasteiger partial charge in [0, 0.05) is 18.5 Å². The number of carbonyl (C=O) groups is 1. The van der Waals surface area contributed by atoms with Gasteiger partial charge in [0.25, 0.3) is 0 Å². The topological polar surface area (TPSA) is 94.0 Å². The average Bonchev–Trinajstić information content (AvgIpc) is 2.91. The molecule has 0 aliphatic heterocycles. The molecule has 6 nitrogen and oxygen atoms in total. The lowest BCUT2D eigenvalue weighted by Gasteiger charge is -2.26. The van der Waals surface area contributed by atoms with E-state index >= 15 is 0 Å². The highest BCUT2D eigenvalue weighted by Crippen LogP contribution is 2.31. The van der Waals surface area contributed by atoms with E-state index < -0.39 is 0 Å². The van der Waals surface area contributed by atoms with Crippen molar-refractivity contribution in [1.29, 1.82) is 0 Å². The number of carbonyl (C=O) groups excluding carboxylic acids is 1. The van der Waals surface area contributed by atoms with Crippen LogP contribution in [-0.4, -0.2) is 16.0 Å². The number of amides is 1. The molecule has 1 aliphatic carbocycles. The van der Waals surface area contributed by atoms with Crippen LogP contribution in [0.4, 0.5) is 5.69 Å². The molecule has 3 N–H and O–H groups in total. The lowest BCUT2D eigenvalue weighted by Crippen LogP contribution is -2.31. The molecule has 1 heterocycles. The van der Waals surface area contributed by atoms with E-state index in [1.165, 1.54) is 11.1 Å². The first-order chi connectivity index (χ1) is 10.6. The Balaban J connectivity index is 0.00000192. The van der Waals surface area contributed by atoms with Crippen molar-refractivity contribution in [1.82, 2.24) is 15.5 Å². The zero-order chi connectivity index (χ0) is 15.5. The van der Waals surface area contributed by atoms with Crippen molar-refractivity contribution >= 4 is 24.0 Å². The summed E-state index contributed by atoms with van der Waals surface area (Å²) in [5.74, 6) is 1.10. The molecule has 1 aromatic heterocycles. The van der Waals surface area contributed by atoms with E-state index in [0.717, 1.165) is 24.9 Å². The number of nitrogens with one attached hydrogen (secondary N) is 1. The first-order valence-electron chi connectivity index (χ1n) is 7.58. The summed E-state index contributed by atoms with van der Waals surface area (Å²) in [6.45, 7) is 1.76. The molecular weight excluding hydrogens is 316 g/mol. The molecular formula is C16H21ClN4O2. The number of fused-ring (bicyclic) bond motifs is 1. The number of rotatable bonds is 4. The predicted octanol–water partition coefficient (Wildman–Crippen LogP) is 2.51. The number of nitrogens with two attached hydrogens (primary N) is 1. The first kappa shape index (κ1) is 17.3. The largest absolute Gasteiger partial charge is 0.399 e. The molecule has 0 saturated heterocycles. The summed E-state index contributed by atoms with van der Waals surface area (Å²) >= 11 is 0. The van der Waals surface area contributed by atoms with E-state index in [0.29, 0.717) is 24.6 Å². The van der Waals surface area contributed by atoms with Crippen molar-refractivity contribution in [2.75, 3.05) is 5.73 Å². The van der Waals surface area contributed by atoms with Gasteiger partial charge in [-0.1, -0.05) is 11.2 Å². The number of anilines is 1. The van der Waals surface area contributed by atoms with Gasteiger partial charge in [0.2, 0.25) is 11.8 Å². The van der Waals surface area contributed by atoms with E-state index in [2.05, 4.69) is 15.5 Å². The third-order valence-corrected chi connectivity index (χ3v) is 3.95. The second kappa shape index (κ2) is 7.46. The molecule has 0 spiro atoms. The highest BCUT2D eigenvalue weighted by Gasteiger charge is 2.22. The van der Waals surface area contributed by atoms with Gasteiger partial charge in [-0.15, -0.1) is 12.4 Å². The van der Waals surface area contributed by atoms with Crippen LogP contribution in [0.5, 0.6) is 0 Å². The lowest BCUT2D eigenvalue weighted by molar-refractivity contribution is -0.122.